The van der Waals surface area contributed by atoms with Gasteiger partial charge in [0.2, 0.25) is 0 Å². The van der Waals surface area contributed by atoms with Crippen LogP contribution >= 0.6 is 11.6 Å². The smallest absolute Gasteiger partial charge is 0.0947 e. The number of hydrogen-bond acceptors (Lipinski definition) is 4. The predicted octanol–water partition coefficient (Wildman–Crippen LogP) is 3.58. The van der Waals surface area contributed by atoms with Crippen LogP contribution in [0.4, 0.5) is 5.69 Å². The van der Waals surface area contributed by atoms with Crippen molar-refractivity contribution >= 4 is 17.3 Å². The summed E-state index contributed by atoms with van der Waals surface area (Å²) in [6.07, 6.45) is 4.76. The van der Waals surface area contributed by atoms with Crippen LogP contribution in [0.1, 0.15) is 12.0 Å². The molecule has 4 nitrogen and oxygen atoms in total. The third kappa shape index (κ3) is 5.00. The van der Waals surface area contributed by atoms with Crippen molar-refractivity contribution in [1.29, 1.82) is 0 Å². The van der Waals surface area contributed by atoms with Crippen LogP contribution in [0.15, 0.2) is 47.3 Å². The summed E-state index contributed by atoms with van der Waals surface area (Å²) in [6.45, 7) is 7.63. The fourth-order valence-electron chi connectivity index (χ4n) is 3.24. The highest BCUT2D eigenvalue weighted by Crippen LogP contribution is 2.20. The Morgan fingerprint density at radius 3 is 2.71 bits per heavy atom. The molecule has 0 amide bonds. The molecule has 1 fully saturated rings. The summed E-state index contributed by atoms with van der Waals surface area (Å²) in [6, 6.07) is 10.2. The molecule has 1 aromatic heterocycles. The fourth-order valence-corrected chi connectivity index (χ4v) is 3.42. The van der Waals surface area contributed by atoms with E-state index in [2.05, 4.69) is 33.9 Å². The molecule has 0 radical (unpaired) electrons. The molecular weight excluding hydrogens is 322 g/mol. The number of furan rings is 1. The maximum atomic E-state index is 6.09. The predicted molar refractivity (Wildman–Crippen MR) is 99.8 cm³/mol. The molecular formula is C19H26ClN3O. The monoisotopic (exact) mass is 347 g/mol. The molecule has 0 spiro atoms. The van der Waals surface area contributed by atoms with Gasteiger partial charge in [0, 0.05) is 49.0 Å². The molecule has 3 rings (SSSR count). The summed E-state index contributed by atoms with van der Waals surface area (Å²) in [4.78, 5) is 7.34. The lowest BCUT2D eigenvalue weighted by atomic mass is 10.2. The van der Waals surface area contributed by atoms with Gasteiger partial charge < -0.3 is 14.2 Å². The van der Waals surface area contributed by atoms with E-state index < -0.39 is 0 Å². The van der Waals surface area contributed by atoms with Gasteiger partial charge in [0.25, 0.3) is 0 Å². The van der Waals surface area contributed by atoms with Gasteiger partial charge in [-0.15, -0.1) is 0 Å². The molecule has 130 valence electrons. The Hall–Kier alpha value is -1.49. The Balaban J connectivity index is 1.35. The summed E-state index contributed by atoms with van der Waals surface area (Å²) in [7, 11) is 2.17. The van der Waals surface area contributed by atoms with Crippen LogP contribution in [0, 0.1) is 0 Å². The molecule has 2 heterocycles. The van der Waals surface area contributed by atoms with E-state index in [1.165, 1.54) is 24.2 Å². The summed E-state index contributed by atoms with van der Waals surface area (Å²) in [5, 5.41) is 0.815. The van der Waals surface area contributed by atoms with Gasteiger partial charge in [-0.2, -0.15) is 0 Å². The summed E-state index contributed by atoms with van der Waals surface area (Å²) in [5.74, 6) is 0. The van der Waals surface area contributed by atoms with Crippen molar-refractivity contribution in [3.63, 3.8) is 0 Å². The van der Waals surface area contributed by atoms with E-state index in [4.69, 9.17) is 16.0 Å². The van der Waals surface area contributed by atoms with E-state index in [9.17, 15) is 0 Å². The molecule has 1 saturated heterocycles. The van der Waals surface area contributed by atoms with Gasteiger partial charge in [0.05, 0.1) is 12.5 Å². The fraction of sp³-hybridized carbons (Fsp3) is 0.474. The second-order valence-electron chi connectivity index (χ2n) is 6.53. The zero-order valence-electron chi connectivity index (χ0n) is 14.3. The Morgan fingerprint density at radius 1 is 1.17 bits per heavy atom. The third-order valence-corrected chi connectivity index (χ3v) is 4.83. The molecule has 1 aromatic carbocycles. The summed E-state index contributed by atoms with van der Waals surface area (Å²) >= 11 is 6.09. The minimum Gasteiger partial charge on any atom is -0.472 e. The Kier molecular flexibility index (Phi) is 6.18. The van der Waals surface area contributed by atoms with E-state index in [0.717, 1.165) is 44.3 Å². The van der Waals surface area contributed by atoms with Crippen molar-refractivity contribution in [2.45, 2.75) is 13.0 Å². The number of hydrogen-bond donors (Lipinski definition) is 0. The van der Waals surface area contributed by atoms with Crippen molar-refractivity contribution in [3.05, 3.63) is 53.4 Å². The zero-order valence-corrected chi connectivity index (χ0v) is 15.1. The highest BCUT2D eigenvalue weighted by molar-refractivity contribution is 6.30. The third-order valence-electron chi connectivity index (χ3n) is 4.59. The van der Waals surface area contributed by atoms with Crippen LogP contribution in [-0.4, -0.2) is 56.1 Å². The quantitative estimate of drug-likeness (QED) is 0.763. The van der Waals surface area contributed by atoms with Crippen LogP contribution in [0.3, 0.4) is 0 Å². The molecule has 0 bridgehead atoms. The van der Waals surface area contributed by atoms with Gasteiger partial charge in [-0.1, -0.05) is 17.7 Å². The van der Waals surface area contributed by atoms with E-state index in [1.807, 2.05) is 24.5 Å². The normalized spacial score (nSPS) is 16.0. The van der Waals surface area contributed by atoms with Gasteiger partial charge >= 0.3 is 0 Å². The maximum Gasteiger partial charge on any atom is 0.0947 e. The topological polar surface area (TPSA) is 22.9 Å². The van der Waals surface area contributed by atoms with Crippen molar-refractivity contribution in [2.24, 2.45) is 0 Å². The summed E-state index contributed by atoms with van der Waals surface area (Å²) < 4.78 is 5.12. The Labute approximate surface area is 149 Å². The lowest BCUT2D eigenvalue weighted by Crippen LogP contribution is -2.47. The Morgan fingerprint density at radius 2 is 2.00 bits per heavy atom. The highest BCUT2D eigenvalue weighted by Gasteiger charge is 2.17. The molecule has 0 atom stereocenters. The van der Waals surface area contributed by atoms with Crippen LogP contribution in [0.5, 0.6) is 0 Å². The first-order valence-electron chi connectivity index (χ1n) is 8.63. The molecule has 1 aliphatic heterocycles. The number of rotatable bonds is 7. The molecule has 24 heavy (non-hydrogen) atoms. The first-order chi connectivity index (χ1) is 11.7. The first kappa shape index (κ1) is 17.3. The lowest BCUT2D eigenvalue weighted by Gasteiger charge is -2.36. The van der Waals surface area contributed by atoms with Crippen LogP contribution in [-0.2, 0) is 6.54 Å². The maximum absolute atomic E-state index is 6.09. The second kappa shape index (κ2) is 8.56. The van der Waals surface area contributed by atoms with Crippen molar-refractivity contribution in [2.75, 3.05) is 51.2 Å². The average Bonchev–Trinajstić information content (AvgIpc) is 3.08. The Bertz CT molecular complexity index is 609. The number of piperazine rings is 1. The second-order valence-corrected chi connectivity index (χ2v) is 6.97. The number of benzene rings is 1. The average molecular weight is 348 g/mol. The van der Waals surface area contributed by atoms with Crippen LogP contribution in [0.2, 0.25) is 5.02 Å². The molecule has 0 saturated carbocycles. The zero-order chi connectivity index (χ0) is 16.8. The minimum atomic E-state index is 0.815. The SMILES string of the molecule is CN(CCCN1CCN(c2cccc(Cl)c2)CC1)Cc1ccoc1. The number of nitrogens with zero attached hydrogens (tertiary/aromatic N) is 3. The molecule has 0 N–H and O–H groups in total. The number of anilines is 1. The van der Waals surface area contributed by atoms with Gasteiger partial charge in [-0.05, 0) is 50.8 Å². The minimum absolute atomic E-state index is 0.815. The van der Waals surface area contributed by atoms with Crippen LogP contribution < -0.4 is 4.90 Å². The largest absolute Gasteiger partial charge is 0.472 e. The molecule has 1 aliphatic rings. The number of halogens is 1. The summed E-state index contributed by atoms with van der Waals surface area (Å²) in [5.41, 5.74) is 2.48. The van der Waals surface area contributed by atoms with Crippen molar-refractivity contribution < 1.29 is 4.42 Å². The van der Waals surface area contributed by atoms with Gasteiger partial charge in [0.15, 0.2) is 0 Å². The first-order valence-corrected chi connectivity index (χ1v) is 9.01. The molecule has 2 aromatic rings. The van der Waals surface area contributed by atoms with Crippen LogP contribution in [0.25, 0.3) is 0 Å². The van der Waals surface area contributed by atoms with Crippen molar-refractivity contribution in [3.8, 4) is 0 Å². The lowest BCUT2D eigenvalue weighted by molar-refractivity contribution is 0.232. The van der Waals surface area contributed by atoms with E-state index in [0.29, 0.717) is 0 Å². The highest BCUT2D eigenvalue weighted by atomic mass is 35.5. The van der Waals surface area contributed by atoms with Gasteiger partial charge in [0.1, 0.15) is 0 Å². The van der Waals surface area contributed by atoms with Gasteiger partial charge in [-0.3, -0.25) is 4.90 Å². The standard InChI is InChI=1S/C19H26ClN3O/c1-21(15-17-6-13-24-16-17)7-3-8-22-9-11-23(12-10-22)19-5-2-4-18(20)14-19/h2,4-6,13-14,16H,3,7-12,15H2,1H3. The molecule has 0 aliphatic carbocycles. The van der Waals surface area contributed by atoms with E-state index in [1.54, 1.807) is 6.26 Å². The van der Waals surface area contributed by atoms with E-state index in [-0.39, 0.29) is 0 Å². The van der Waals surface area contributed by atoms with Gasteiger partial charge in [-0.25, -0.2) is 0 Å². The van der Waals surface area contributed by atoms with Crippen molar-refractivity contribution in [1.82, 2.24) is 9.80 Å². The molecule has 0 unspecified atom stereocenters. The molecule has 5 heteroatoms. The van der Waals surface area contributed by atoms with E-state index >= 15 is 0 Å².